The van der Waals surface area contributed by atoms with Crippen LogP contribution in [0, 0.1) is 0 Å². The molecule has 1 atom stereocenters. The molecule has 1 N–H and O–H groups in total. The molecule has 1 fully saturated rings. The molecular formula is C21H26Cl2N2O2. The van der Waals surface area contributed by atoms with Crippen molar-refractivity contribution in [3.63, 3.8) is 0 Å². The maximum atomic E-state index is 12.8. The number of nitrogens with zero attached hydrogens (tertiary/aromatic N) is 1. The van der Waals surface area contributed by atoms with Crippen LogP contribution in [0.25, 0.3) is 0 Å². The first-order valence-electron chi connectivity index (χ1n) is 9.14. The van der Waals surface area contributed by atoms with Crippen molar-refractivity contribution in [1.29, 1.82) is 0 Å². The van der Waals surface area contributed by atoms with Crippen LogP contribution in [0.1, 0.15) is 30.5 Å². The van der Waals surface area contributed by atoms with E-state index in [2.05, 4.69) is 5.32 Å². The van der Waals surface area contributed by atoms with Gasteiger partial charge in [0.15, 0.2) is 0 Å². The van der Waals surface area contributed by atoms with Crippen LogP contribution in [0.4, 0.5) is 0 Å². The van der Waals surface area contributed by atoms with Gasteiger partial charge in [-0.05, 0) is 48.7 Å². The van der Waals surface area contributed by atoms with E-state index in [4.69, 9.17) is 16.3 Å². The standard InChI is InChI=1S/C21H25ClN2O2.ClH/c1-2-26-19-9-6-16(7-10-19)8-11-21(25)24-13-12-23-15-20(24)17-4-3-5-18(22)14-17;/h3-7,9-10,14,20,23H,2,8,11-13,15H2,1H3;1H. The first-order chi connectivity index (χ1) is 12.7. The summed E-state index contributed by atoms with van der Waals surface area (Å²) in [5, 5.41) is 4.08. The van der Waals surface area contributed by atoms with Crippen LogP contribution in [0.15, 0.2) is 48.5 Å². The average molecular weight is 409 g/mol. The maximum absolute atomic E-state index is 12.8. The summed E-state index contributed by atoms with van der Waals surface area (Å²) in [7, 11) is 0. The van der Waals surface area contributed by atoms with Crippen molar-refractivity contribution in [2.45, 2.75) is 25.8 Å². The molecular weight excluding hydrogens is 383 g/mol. The van der Waals surface area contributed by atoms with Gasteiger partial charge in [-0.2, -0.15) is 0 Å². The van der Waals surface area contributed by atoms with E-state index in [1.165, 1.54) is 0 Å². The minimum absolute atomic E-state index is 0. The number of hydrogen-bond acceptors (Lipinski definition) is 3. The number of halogens is 2. The fourth-order valence-corrected chi connectivity index (χ4v) is 3.53. The van der Waals surface area contributed by atoms with Crippen molar-refractivity contribution in [2.75, 3.05) is 26.2 Å². The number of amides is 1. The highest BCUT2D eigenvalue weighted by Gasteiger charge is 2.27. The number of rotatable bonds is 6. The summed E-state index contributed by atoms with van der Waals surface area (Å²) >= 11 is 6.13. The molecule has 6 heteroatoms. The van der Waals surface area contributed by atoms with Crippen LogP contribution < -0.4 is 10.1 Å². The number of hydrogen-bond donors (Lipinski definition) is 1. The number of carbonyl (C=O) groups is 1. The van der Waals surface area contributed by atoms with Gasteiger partial charge in [0.25, 0.3) is 0 Å². The molecule has 0 saturated carbocycles. The normalized spacial score (nSPS) is 16.5. The number of benzene rings is 2. The molecule has 146 valence electrons. The van der Waals surface area contributed by atoms with E-state index < -0.39 is 0 Å². The summed E-state index contributed by atoms with van der Waals surface area (Å²) in [4.78, 5) is 14.8. The highest BCUT2D eigenvalue weighted by Crippen LogP contribution is 2.25. The highest BCUT2D eigenvalue weighted by molar-refractivity contribution is 6.30. The first kappa shape index (κ1) is 21.5. The summed E-state index contributed by atoms with van der Waals surface area (Å²) in [6.07, 6.45) is 1.24. The fourth-order valence-electron chi connectivity index (χ4n) is 3.33. The molecule has 0 bridgehead atoms. The third kappa shape index (κ3) is 5.86. The average Bonchev–Trinajstić information content (AvgIpc) is 2.67. The summed E-state index contributed by atoms with van der Waals surface area (Å²) < 4.78 is 5.46. The molecule has 2 aromatic rings. The largest absolute Gasteiger partial charge is 0.494 e. The van der Waals surface area contributed by atoms with Gasteiger partial charge in [-0.25, -0.2) is 0 Å². The Labute approximate surface area is 172 Å². The Bertz CT molecular complexity index is 737. The van der Waals surface area contributed by atoms with Gasteiger partial charge in [-0.1, -0.05) is 35.9 Å². The third-order valence-electron chi connectivity index (χ3n) is 4.66. The summed E-state index contributed by atoms with van der Waals surface area (Å²) in [6.45, 7) is 4.93. The maximum Gasteiger partial charge on any atom is 0.223 e. The molecule has 27 heavy (non-hydrogen) atoms. The quantitative estimate of drug-likeness (QED) is 0.775. The third-order valence-corrected chi connectivity index (χ3v) is 4.89. The molecule has 0 aromatic heterocycles. The Balaban J connectivity index is 0.00000261. The molecule has 1 aliphatic rings. The molecule has 0 aliphatic carbocycles. The minimum Gasteiger partial charge on any atom is -0.494 e. The van der Waals surface area contributed by atoms with E-state index in [-0.39, 0.29) is 24.4 Å². The zero-order valence-corrected chi connectivity index (χ0v) is 17.1. The Morgan fingerprint density at radius 2 is 2.04 bits per heavy atom. The molecule has 1 unspecified atom stereocenters. The van der Waals surface area contributed by atoms with Crippen LogP contribution in [0.5, 0.6) is 5.75 Å². The smallest absolute Gasteiger partial charge is 0.223 e. The molecule has 0 spiro atoms. The zero-order valence-electron chi connectivity index (χ0n) is 15.5. The molecule has 1 heterocycles. The van der Waals surface area contributed by atoms with Gasteiger partial charge in [0.2, 0.25) is 5.91 Å². The van der Waals surface area contributed by atoms with Crippen molar-refractivity contribution in [3.05, 3.63) is 64.7 Å². The van der Waals surface area contributed by atoms with Gasteiger partial charge in [-0.15, -0.1) is 12.4 Å². The molecule has 1 amide bonds. The monoisotopic (exact) mass is 408 g/mol. The number of ether oxygens (including phenoxy) is 1. The van der Waals surface area contributed by atoms with Gasteiger partial charge < -0.3 is 15.0 Å². The summed E-state index contributed by atoms with van der Waals surface area (Å²) in [6, 6.07) is 15.8. The van der Waals surface area contributed by atoms with Gasteiger partial charge in [0.1, 0.15) is 5.75 Å². The van der Waals surface area contributed by atoms with Crippen molar-refractivity contribution in [1.82, 2.24) is 10.2 Å². The second kappa shape index (κ2) is 10.5. The highest BCUT2D eigenvalue weighted by atomic mass is 35.5. The Hall–Kier alpha value is -1.75. The van der Waals surface area contributed by atoms with Gasteiger partial charge in [0, 0.05) is 31.1 Å². The SMILES string of the molecule is CCOc1ccc(CCC(=O)N2CCNCC2c2cccc(Cl)c2)cc1.Cl. The summed E-state index contributed by atoms with van der Waals surface area (Å²) in [5.74, 6) is 1.05. The van der Waals surface area contributed by atoms with Crippen molar-refractivity contribution in [2.24, 2.45) is 0 Å². The predicted octanol–water partition coefficient (Wildman–Crippen LogP) is 4.27. The molecule has 1 saturated heterocycles. The first-order valence-corrected chi connectivity index (χ1v) is 9.52. The van der Waals surface area contributed by atoms with Crippen LogP contribution in [0.3, 0.4) is 0 Å². The van der Waals surface area contributed by atoms with Crippen LogP contribution in [-0.2, 0) is 11.2 Å². The van der Waals surface area contributed by atoms with Crippen LogP contribution >= 0.6 is 24.0 Å². The van der Waals surface area contributed by atoms with Crippen molar-refractivity contribution < 1.29 is 9.53 Å². The van der Waals surface area contributed by atoms with Crippen molar-refractivity contribution in [3.8, 4) is 5.75 Å². The molecule has 1 aliphatic heterocycles. The number of nitrogens with one attached hydrogen (secondary N) is 1. The van der Waals surface area contributed by atoms with E-state index in [9.17, 15) is 4.79 Å². The molecule has 3 rings (SSSR count). The van der Waals surface area contributed by atoms with E-state index in [0.29, 0.717) is 18.1 Å². The number of piperazine rings is 1. The van der Waals surface area contributed by atoms with Gasteiger partial charge in [-0.3, -0.25) is 4.79 Å². The van der Waals surface area contributed by atoms with Crippen molar-refractivity contribution >= 4 is 29.9 Å². The number of aryl methyl sites for hydroxylation is 1. The second-order valence-corrected chi connectivity index (χ2v) is 6.88. The Morgan fingerprint density at radius 1 is 1.26 bits per heavy atom. The van der Waals surface area contributed by atoms with E-state index in [0.717, 1.165) is 42.9 Å². The number of carbonyl (C=O) groups excluding carboxylic acids is 1. The van der Waals surface area contributed by atoms with Gasteiger partial charge in [0.05, 0.1) is 12.6 Å². The molecule has 4 nitrogen and oxygen atoms in total. The zero-order chi connectivity index (χ0) is 18.4. The van der Waals surface area contributed by atoms with E-state index >= 15 is 0 Å². The topological polar surface area (TPSA) is 41.6 Å². The van der Waals surface area contributed by atoms with Gasteiger partial charge >= 0.3 is 0 Å². The molecule has 2 aromatic carbocycles. The fraction of sp³-hybridized carbons (Fsp3) is 0.381. The predicted molar refractivity (Wildman–Crippen MR) is 112 cm³/mol. The Morgan fingerprint density at radius 3 is 2.74 bits per heavy atom. The second-order valence-electron chi connectivity index (χ2n) is 6.44. The lowest BCUT2D eigenvalue weighted by molar-refractivity contribution is -0.134. The lowest BCUT2D eigenvalue weighted by Crippen LogP contribution is -2.48. The Kier molecular flexibility index (Phi) is 8.42. The van der Waals surface area contributed by atoms with Crippen LogP contribution in [0.2, 0.25) is 5.02 Å². The van der Waals surface area contributed by atoms with E-state index in [1.54, 1.807) is 0 Å². The van der Waals surface area contributed by atoms with E-state index in [1.807, 2.05) is 60.4 Å². The minimum atomic E-state index is 0. The lowest BCUT2D eigenvalue weighted by atomic mass is 10.0. The molecule has 0 radical (unpaired) electrons. The summed E-state index contributed by atoms with van der Waals surface area (Å²) in [5.41, 5.74) is 2.23. The van der Waals surface area contributed by atoms with Crippen LogP contribution in [-0.4, -0.2) is 37.0 Å². The lowest BCUT2D eigenvalue weighted by Gasteiger charge is -2.36.